The number of aromatic nitrogens is 2. The third-order valence-corrected chi connectivity index (χ3v) is 13.3. The lowest BCUT2D eigenvalue weighted by molar-refractivity contribution is 1.23. The van der Waals surface area contributed by atoms with Gasteiger partial charge in [-0.15, -0.1) is 29.3 Å². The number of fused-ring (bicyclic) bond motifs is 10. The molecule has 0 N–H and O–H groups in total. The summed E-state index contributed by atoms with van der Waals surface area (Å²) in [6.45, 7) is 5.25. The van der Waals surface area contributed by atoms with Crippen LogP contribution in [0, 0.1) is 0 Å². The van der Waals surface area contributed by atoms with Crippen molar-refractivity contribution in [2.24, 2.45) is 0 Å². The first-order valence-electron chi connectivity index (χ1n) is 19.2. The highest BCUT2D eigenvalue weighted by Crippen LogP contribution is 2.52. The molecule has 11 aromatic rings. The van der Waals surface area contributed by atoms with Gasteiger partial charge >= 0.3 is 0 Å². The van der Waals surface area contributed by atoms with E-state index in [2.05, 4.69) is 170 Å². The predicted octanol–water partition coefficient (Wildman–Crippen LogP) is 16.1. The Balaban J connectivity index is 0.00000132. The molecule has 0 atom stereocenters. The molecule has 11 rings (SSSR count). The minimum absolute atomic E-state index is 0.417. The Hall–Kier alpha value is -6.37. The van der Waals surface area contributed by atoms with Crippen molar-refractivity contribution in [3.8, 4) is 33.5 Å². The van der Waals surface area contributed by atoms with Crippen LogP contribution in [-0.4, -0.2) is 17.0 Å². The third-order valence-electron chi connectivity index (χ3n) is 10.8. The van der Waals surface area contributed by atoms with Gasteiger partial charge in [-0.05, 0) is 69.4 Å². The van der Waals surface area contributed by atoms with Gasteiger partial charge in [0.2, 0.25) is 0 Å². The third kappa shape index (κ3) is 6.02. The number of halogens is 1. The zero-order valence-corrected chi connectivity index (χ0v) is 34.3. The van der Waals surface area contributed by atoms with Crippen LogP contribution in [0.3, 0.4) is 0 Å². The van der Waals surface area contributed by atoms with Crippen LogP contribution in [0.4, 0.5) is 11.4 Å². The summed E-state index contributed by atoms with van der Waals surface area (Å²) in [6.07, 6.45) is 1.75. The topological polar surface area (TPSA) is 29.0 Å². The van der Waals surface area contributed by atoms with Crippen LogP contribution < -0.4 is 4.90 Å². The van der Waals surface area contributed by atoms with Crippen LogP contribution in [0.25, 0.3) is 95.7 Å². The molecule has 0 saturated carbocycles. The van der Waals surface area contributed by atoms with E-state index in [9.17, 15) is 0 Å². The molecule has 0 aliphatic carbocycles. The molecule has 8 aromatic carbocycles. The molecule has 0 saturated heterocycles. The molecule has 0 unspecified atom stereocenters. The van der Waals surface area contributed by atoms with Gasteiger partial charge in [-0.1, -0.05) is 157 Å². The number of hydrogen-bond donors (Lipinski definition) is 0. The Morgan fingerprint density at radius 2 is 1.16 bits per heavy atom. The van der Waals surface area contributed by atoms with Crippen LogP contribution in [-0.2, 0) is 0 Å². The molecule has 0 aliphatic heterocycles. The van der Waals surface area contributed by atoms with Crippen molar-refractivity contribution < 1.29 is 0 Å². The molecule has 0 aliphatic rings. The summed E-state index contributed by atoms with van der Waals surface area (Å²) in [6, 6.07) is 58.7. The fourth-order valence-electron chi connectivity index (χ4n) is 8.18. The van der Waals surface area contributed by atoms with Crippen molar-refractivity contribution in [1.29, 1.82) is 0 Å². The van der Waals surface area contributed by atoms with E-state index >= 15 is 0 Å². The fourth-order valence-corrected chi connectivity index (χ4v) is 10.8. The van der Waals surface area contributed by atoms with E-state index in [1.165, 1.54) is 58.5 Å². The molecule has 278 valence electrons. The van der Waals surface area contributed by atoms with Crippen molar-refractivity contribution in [1.82, 2.24) is 9.97 Å². The van der Waals surface area contributed by atoms with Crippen LogP contribution >= 0.6 is 34.3 Å². The maximum atomic E-state index is 6.74. The number of rotatable bonds is 5. The fraction of sp³-hybridized carbons (Fsp3) is 0.0385. The minimum atomic E-state index is 0.417. The summed E-state index contributed by atoms with van der Waals surface area (Å²) >= 11 is 10.3. The number of benzene rings is 8. The van der Waals surface area contributed by atoms with Crippen molar-refractivity contribution in [2.45, 2.75) is 6.92 Å². The Kier molecular flexibility index (Phi) is 9.22. The summed E-state index contributed by atoms with van der Waals surface area (Å²) in [5.41, 5.74) is 9.56. The minimum Gasteiger partial charge on any atom is -0.343 e. The Labute approximate surface area is 349 Å². The van der Waals surface area contributed by atoms with E-state index < -0.39 is 0 Å². The number of allylic oxidation sites excluding steroid dienone is 1. The molecular weight excluding hydrogens is 766 g/mol. The second kappa shape index (κ2) is 14.9. The summed E-state index contributed by atoms with van der Waals surface area (Å²) < 4.78 is 3.75. The SMILES string of the molecule is C=CC.CN(c1ccc(-c2ccc(-c3nc4sc5ccccc5c4nc3Cl)cc2)cc1)c1c(-c2ccccc2)c2ccccc2c2c1sc1ccc3ccccc3c12. The quantitative estimate of drug-likeness (QED) is 0.162. The van der Waals surface area contributed by atoms with E-state index in [4.69, 9.17) is 21.6 Å². The van der Waals surface area contributed by atoms with Gasteiger partial charge in [0, 0.05) is 49.4 Å². The summed E-state index contributed by atoms with van der Waals surface area (Å²) in [7, 11) is 2.21. The predicted molar refractivity (Wildman–Crippen MR) is 255 cm³/mol. The number of thiophene rings is 2. The number of hydrogen-bond acceptors (Lipinski definition) is 5. The maximum absolute atomic E-state index is 6.74. The average molecular weight is 802 g/mol. The summed E-state index contributed by atoms with van der Waals surface area (Å²) in [5.74, 6) is 0. The molecule has 3 heterocycles. The van der Waals surface area contributed by atoms with E-state index in [1.54, 1.807) is 17.4 Å². The maximum Gasteiger partial charge on any atom is 0.156 e. The first-order chi connectivity index (χ1) is 28.5. The lowest BCUT2D eigenvalue weighted by Gasteiger charge is -2.26. The van der Waals surface area contributed by atoms with Crippen LogP contribution in [0.2, 0.25) is 5.15 Å². The van der Waals surface area contributed by atoms with Crippen molar-refractivity contribution in [3.63, 3.8) is 0 Å². The highest BCUT2D eigenvalue weighted by molar-refractivity contribution is 7.27. The second-order valence-electron chi connectivity index (χ2n) is 14.3. The molecular formula is C52H36ClN3S2. The van der Waals surface area contributed by atoms with Gasteiger partial charge < -0.3 is 4.90 Å². The Morgan fingerprint density at radius 3 is 1.90 bits per heavy atom. The standard InChI is InChI=1S/C49H30ClN3S2.C3H6/c1-53(34-26-23-30(24-27-34)29-19-21-33(22-20-29)44-48(50)51-45-38-17-9-10-18-39(38)55-49(45)52-44)46-41(32-12-3-2-4-13-32)36-15-7-8-16-37(36)43-42-35-14-6-5-11-31(35)25-28-40(42)54-47(43)46;1-3-2/h2-28H,1H3;3H,1H2,2H3. The molecule has 0 spiro atoms. The van der Waals surface area contributed by atoms with E-state index in [0.29, 0.717) is 10.8 Å². The lowest BCUT2D eigenvalue weighted by atomic mass is 9.91. The Bertz CT molecular complexity index is 3330. The number of nitrogens with zero attached hydrogens (tertiary/aromatic N) is 3. The first kappa shape index (κ1) is 36.0. The zero-order chi connectivity index (χ0) is 39.3. The van der Waals surface area contributed by atoms with Crippen molar-refractivity contribution in [2.75, 3.05) is 11.9 Å². The summed E-state index contributed by atoms with van der Waals surface area (Å²) in [5, 5.41) is 9.25. The van der Waals surface area contributed by atoms with Crippen LogP contribution in [0.5, 0.6) is 0 Å². The smallest absolute Gasteiger partial charge is 0.156 e. The van der Waals surface area contributed by atoms with E-state index in [0.717, 1.165) is 42.8 Å². The van der Waals surface area contributed by atoms with Crippen molar-refractivity contribution >= 4 is 108 Å². The highest BCUT2D eigenvalue weighted by Gasteiger charge is 2.24. The van der Waals surface area contributed by atoms with Gasteiger partial charge in [0.15, 0.2) is 5.15 Å². The first-order valence-corrected chi connectivity index (χ1v) is 21.2. The molecule has 0 bridgehead atoms. The largest absolute Gasteiger partial charge is 0.343 e. The van der Waals surface area contributed by atoms with Gasteiger partial charge in [0.25, 0.3) is 0 Å². The normalized spacial score (nSPS) is 11.4. The van der Waals surface area contributed by atoms with Gasteiger partial charge in [0.1, 0.15) is 16.0 Å². The van der Waals surface area contributed by atoms with Gasteiger partial charge in [-0.3, -0.25) is 0 Å². The molecule has 0 fully saturated rings. The molecule has 3 aromatic heterocycles. The summed E-state index contributed by atoms with van der Waals surface area (Å²) in [4.78, 5) is 13.0. The van der Waals surface area contributed by atoms with Gasteiger partial charge in [-0.2, -0.15) is 0 Å². The molecule has 0 radical (unpaired) electrons. The lowest BCUT2D eigenvalue weighted by Crippen LogP contribution is -2.11. The average Bonchev–Trinajstić information content (AvgIpc) is 3.85. The number of anilines is 2. The van der Waals surface area contributed by atoms with Crippen LogP contribution in [0.15, 0.2) is 176 Å². The Morgan fingerprint density at radius 1 is 0.552 bits per heavy atom. The molecule has 3 nitrogen and oxygen atoms in total. The highest BCUT2D eigenvalue weighted by atomic mass is 35.5. The zero-order valence-electron chi connectivity index (χ0n) is 31.9. The van der Waals surface area contributed by atoms with E-state index in [-0.39, 0.29) is 0 Å². The van der Waals surface area contributed by atoms with E-state index in [1.807, 2.05) is 30.4 Å². The monoisotopic (exact) mass is 801 g/mol. The van der Waals surface area contributed by atoms with Crippen LogP contribution in [0.1, 0.15) is 6.92 Å². The van der Waals surface area contributed by atoms with Gasteiger partial charge in [0.05, 0.1) is 10.4 Å². The molecule has 0 amide bonds. The molecule has 6 heteroatoms. The van der Waals surface area contributed by atoms with Gasteiger partial charge in [-0.25, -0.2) is 9.97 Å². The second-order valence-corrected chi connectivity index (χ2v) is 16.7. The molecule has 58 heavy (non-hydrogen) atoms. The van der Waals surface area contributed by atoms with Crippen molar-refractivity contribution in [3.05, 3.63) is 182 Å².